The molecular formula is C23H20ClN5O2S. The predicted octanol–water partition coefficient (Wildman–Crippen LogP) is 4.89. The van der Waals surface area contributed by atoms with Crippen LogP contribution in [0.5, 0.6) is 0 Å². The van der Waals surface area contributed by atoms with Gasteiger partial charge in [0, 0.05) is 34.9 Å². The lowest BCUT2D eigenvalue weighted by molar-refractivity contribution is 0.103. The Labute approximate surface area is 193 Å². The lowest BCUT2D eigenvalue weighted by atomic mass is 10.2. The molecule has 0 radical (unpaired) electrons. The molecule has 7 nitrogen and oxygen atoms in total. The minimum absolute atomic E-state index is 0.102. The number of rotatable bonds is 5. The summed E-state index contributed by atoms with van der Waals surface area (Å²) in [5, 5.41) is 12.0. The van der Waals surface area contributed by atoms with Gasteiger partial charge in [0.2, 0.25) is 0 Å². The number of amides is 3. The van der Waals surface area contributed by atoms with Crippen LogP contribution in [0.4, 0.5) is 16.2 Å². The van der Waals surface area contributed by atoms with Gasteiger partial charge in [0.15, 0.2) is 0 Å². The van der Waals surface area contributed by atoms with Crippen molar-refractivity contribution in [1.29, 1.82) is 0 Å². The lowest BCUT2D eigenvalue weighted by Gasteiger charge is -2.14. The van der Waals surface area contributed by atoms with Crippen molar-refractivity contribution >= 4 is 56.5 Å². The van der Waals surface area contributed by atoms with E-state index >= 15 is 0 Å². The van der Waals surface area contributed by atoms with Gasteiger partial charge in [0.1, 0.15) is 4.83 Å². The number of hydrogen-bond donors (Lipinski definition) is 2. The van der Waals surface area contributed by atoms with Crippen LogP contribution >= 0.6 is 22.9 Å². The number of carbonyl (C=O) groups is 2. The minimum Gasteiger partial charge on any atom is -0.336 e. The number of fused-ring (bicyclic) bond motifs is 1. The van der Waals surface area contributed by atoms with Crippen LogP contribution in [0, 0.1) is 6.92 Å². The Morgan fingerprint density at radius 1 is 1.19 bits per heavy atom. The van der Waals surface area contributed by atoms with E-state index in [0.717, 1.165) is 27.2 Å². The largest absolute Gasteiger partial charge is 0.336 e. The predicted molar refractivity (Wildman–Crippen MR) is 128 cm³/mol. The Bertz CT molecular complexity index is 1310. The number of carbonyl (C=O) groups excluding carboxylic acids is 2. The van der Waals surface area contributed by atoms with E-state index in [9.17, 15) is 9.59 Å². The number of hydrogen-bond acceptors (Lipinski definition) is 4. The van der Waals surface area contributed by atoms with Crippen LogP contribution in [0.2, 0.25) is 5.02 Å². The third-order valence-corrected chi connectivity index (χ3v) is 6.77. The molecule has 0 atom stereocenters. The zero-order valence-electron chi connectivity index (χ0n) is 17.3. The first-order valence-electron chi connectivity index (χ1n) is 10.2. The molecule has 0 bridgehead atoms. The van der Waals surface area contributed by atoms with Crippen molar-refractivity contribution in [2.45, 2.75) is 13.5 Å². The molecular weight excluding hydrogens is 446 g/mol. The van der Waals surface area contributed by atoms with Crippen LogP contribution in [0.25, 0.3) is 10.2 Å². The summed E-state index contributed by atoms with van der Waals surface area (Å²) in [4.78, 5) is 27.9. The molecule has 0 aliphatic carbocycles. The van der Waals surface area contributed by atoms with Gasteiger partial charge in [-0.15, -0.1) is 11.3 Å². The summed E-state index contributed by atoms with van der Waals surface area (Å²) >= 11 is 7.40. The summed E-state index contributed by atoms with van der Waals surface area (Å²) in [5.41, 5.74) is 3.45. The average molecular weight is 466 g/mol. The molecule has 0 unspecified atom stereocenters. The maximum absolute atomic E-state index is 12.9. The molecule has 1 aliphatic rings. The number of thiophene rings is 1. The summed E-state index contributed by atoms with van der Waals surface area (Å²) in [5.74, 6) is -0.171. The van der Waals surface area contributed by atoms with Gasteiger partial charge in [-0.25, -0.2) is 4.79 Å². The highest BCUT2D eigenvalue weighted by molar-refractivity contribution is 7.20. The molecule has 1 saturated heterocycles. The first-order chi connectivity index (χ1) is 15.5. The normalized spacial score (nSPS) is 13.6. The summed E-state index contributed by atoms with van der Waals surface area (Å²) in [6.07, 6.45) is 0. The molecule has 3 amide bonds. The van der Waals surface area contributed by atoms with Crippen molar-refractivity contribution in [3.05, 3.63) is 75.8 Å². The first-order valence-corrected chi connectivity index (χ1v) is 11.4. The average Bonchev–Trinajstić information content (AvgIpc) is 3.48. The van der Waals surface area contributed by atoms with Gasteiger partial charge in [-0.3, -0.25) is 14.4 Å². The summed E-state index contributed by atoms with van der Waals surface area (Å²) in [7, 11) is 0. The van der Waals surface area contributed by atoms with Gasteiger partial charge < -0.3 is 10.6 Å². The molecule has 2 aromatic heterocycles. The molecule has 0 spiro atoms. The van der Waals surface area contributed by atoms with Gasteiger partial charge in [-0.1, -0.05) is 23.7 Å². The molecule has 2 N–H and O–H groups in total. The Kier molecular flexibility index (Phi) is 5.32. The fourth-order valence-corrected chi connectivity index (χ4v) is 4.91. The second kappa shape index (κ2) is 8.29. The van der Waals surface area contributed by atoms with Crippen molar-refractivity contribution in [2.24, 2.45) is 0 Å². The van der Waals surface area contributed by atoms with E-state index in [-0.39, 0.29) is 11.9 Å². The Morgan fingerprint density at radius 2 is 1.94 bits per heavy atom. The Hall–Kier alpha value is -3.36. The van der Waals surface area contributed by atoms with Crippen molar-refractivity contribution in [3.63, 3.8) is 0 Å². The topological polar surface area (TPSA) is 79.3 Å². The molecule has 162 valence electrons. The molecule has 4 aromatic rings. The molecule has 32 heavy (non-hydrogen) atoms. The van der Waals surface area contributed by atoms with Crippen molar-refractivity contribution in [2.75, 3.05) is 23.3 Å². The Balaban J connectivity index is 1.33. The van der Waals surface area contributed by atoms with E-state index in [1.165, 1.54) is 11.3 Å². The highest BCUT2D eigenvalue weighted by atomic mass is 35.5. The van der Waals surface area contributed by atoms with Crippen LogP contribution in [-0.4, -0.2) is 34.8 Å². The van der Waals surface area contributed by atoms with E-state index in [4.69, 9.17) is 11.6 Å². The smallest absolute Gasteiger partial charge is 0.321 e. The number of aryl methyl sites for hydroxylation is 1. The number of anilines is 2. The molecule has 3 heterocycles. The Morgan fingerprint density at radius 3 is 2.62 bits per heavy atom. The fourth-order valence-electron chi connectivity index (χ4n) is 3.73. The second-order valence-corrected chi connectivity index (χ2v) is 9.05. The molecule has 1 aliphatic heterocycles. The first kappa shape index (κ1) is 20.5. The van der Waals surface area contributed by atoms with Gasteiger partial charge in [-0.2, -0.15) is 5.10 Å². The number of aromatic nitrogens is 2. The van der Waals surface area contributed by atoms with Gasteiger partial charge >= 0.3 is 6.03 Å². The zero-order valence-corrected chi connectivity index (χ0v) is 18.8. The van der Waals surface area contributed by atoms with Crippen LogP contribution < -0.4 is 15.5 Å². The third kappa shape index (κ3) is 3.94. The van der Waals surface area contributed by atoms with Crippen molar-refractivity contribution in [1.82, 2.24) is 15.1 Å². The van der Waals surface area contributed by atoms with E-state index in [0.29, 0.717) is 35.2 Å². The van der Waals surface area contributed by atoms with Gasteiger partial charge in [0.25, 0.3) is 5.91 Å². The molecule has 9 heteroatoms. The second-order valence-electron chi connectivity index (χ2n) is 7.58. The SMILES string of the molecule is Cc1nn(Cc2ccc(Cl)cc2)c2sc(C(=O)Nc3ccc(N4CCNC4=O)cc3)cc12. The van der Waals surface area contributed by atoms with E-state index in [2.05, 4.69) is 15.7 Å². The number of nitrogens with one attached hydrogen (secondary N) is 2. The van der Waals surface area contributed by atoms with Gasteiger partial charge in [-0.05, 0) is 55.0 Å². The zero-order chi connectivity index (χ0) is 22.2. The standard InChI is InChI=1S/C23H20ClN5O2S/c1-14-19-12-20(32-22(19)29(27-14)13-15-2-4-16(24)5-3-15)21(30)26-17-6-8-18(9-7-17)28-11-10-25-23(28)31/h2-9,12H,10-11,13H2,1H3,(H,25,31)(H,26,30). The van der Waals surface area contributed by atoms with Crippen LogP contribution in [0.3, 0.4) is 0 Å². The third-order valence-electron chi connectivity index (χ3n) is 5.37. The molecule has 1 fully saturated rings. The lowest BCUT2D eigenvalue weighted by Crippen LogP contribution is -2.27. The molecule has 2 aromatic carbocycles. The van der Waals surface area contributed by atoms with Gasteiger partial charge in [0.05, 0.1) is 17.1 Å². The van der Waals surface area contributed by atoms with Crippen LogP contribution in [0.1, 0.15) is 20.9 Å². The highest BCUT2D eigenvalue weighted by Gasteiger charge is 2.21. The number of urea groups is 1. The maximum Gasteiger partial charge on any atom is 0.321 e. The minimum atomic E-state index is -0.171. The quantitative estimate of drug-likeness (QED) is 0.440. The van der Waals surface area contributed by atoms with E-state index in [1.807, 2.05) is 54.1 Å². The molecule has 0 saturated carbocycles. The monoisotopic (exact) mass is 465 g/mol. The van der Waals surface area contributed by atoms with Crippen molar-refractivity contribution in [3.8, 4) is 0 Å². The van der Waals surface area contributed by atoms with Crippen LogP contribution in [-0.2, 0) is 6.54 Å². The summed E-state index contributed by atoms with van der Waals surface area (Å²) in [6.45, 7) is 3.83. The fraction of sp³-hybridized carbons (Fsp3) is 0.174. The summed E-state index contributed by atoms with van der Waals surface area (Å²) in [6, 6.07) is 16.7. The van der Waals surface area contributed by atoms with E-state index < -0.39 is 0 Å². The number of halogens is 1. The number of nitrogens with zero attached hydrogens (tertiary/aromatic N) is 3. The molecule has 5 rings (SSSR count). The highest BCUT2D eigenvalue weighted by Crippen LogP contribution is 2.30. The maximum atomic E-state index is 12.9. The van der Waals surface area contributed by atoms with Crippen molar-refractivity contribution < 1.29 is 9.59 Å². The van der Waals surface area contributed by atoms with E-state index in [1.54, 1.807) is 17.0 Å². The summed E-state index contributed by atoms with van der Waals surface area (Å²) < 4.78 is 1.92. The number of benzene rings is 2. The van der Waals surface area contributed by atoms with Crippen LogP contribution in [0.15, 0.2) is 54.6 Å².